The summed E-state index contributed by atoms with van der Waals surface area (Å²) >= 11 is 1.61. The molecule has 0 radical (unpaired) electrons. The van der Waals surface area contributed by atoms with E-state index in [0.717, 1.165) is 34.5 Å². The summed E-state index contributed by atoms with van der Waals surface area (Å²) in [5, 5.41) is 2.88. The van der Waals surface area contributed by atoms with Crippen molar-refractivity contribution in [2.24, 2.45) is 0 Å². The van der Waals surface area contributed by atoms with Crippen molar-refractivity contribution in [2.75, 3.05) is 16.0 Å². The lowest BCUT2D eigenvalue weighted by molar-refractivity contribution is -0.115. The van der Waals surface area contributed by atoms with E-state index in [9.17, 15) is 9.59 Å². The Morgan fingerprint density at radius 1 is 1.03 bits per heavy atom. The van der Waals surface area contributed by atoms with Gasteiger partial charge in [0.2, 0.25) is 5.91 Å². The van der Waals surface area contributed by atoms with Gasteiger partial charge in [-0.25, -0.2) is 0 Å². The Morgan fingerprint density at radius 3 is 2.42 bits per heavy atom. The molecule has 0 spiro atoms. The predicted octanol–water partition coefficient (Wildman–Crippen LogP) is 5.90. The zero-order chi connectivity index (χ0) is 22.0. The molecule has 4 rings (SSSR count). The number of nitrogens with zero attached hydrogens (tertiary/aromatic N) is 1. The van der Waals surface area contributed by atoms with Crippen LogP contribution in [0.25, 0.3) is 0 Å². The van der Waals surface area contributed by atoms with E-state index in [2.05, 4.69) is 30.4 Å². The van der Waals surface area contributed by atoms with Gasteiger partial charge in [0.1, 0.15) is 5.37 Å². The molecule has 2 amide bonds. The highest BCUT2D eigenvalue weighted by Gasteiger charge is 2.34. The van der Waals surface area contributed by atoms with E-state index in [0.29, 0.717) is 11.3 Å². The Hall–Kier alpha value is -3.05. The molecule has 1 fully saturated rings. The lowest BCUT2D eigenvalue weighted by Gasteiger charge is -2.25. The average molecular weight is 431 g/mol. The maximum Gasteiger partial charge on any atom is 0.255 e. The van der Waals surface area contributed by atoms with Crippen molar-refractivity contribution in [1.29, 1.82) is 0 Å². The van der Waals surface area contributed by atoms with Gasteiger partial charge in [0, 0.05) is 16.9 Å². The maximum atomic E-state index is 12.7. The van der Waals surface area contributed by atoms with Crippen LogP contribution in [0.4, 0.5) is 11.4 Å². The summed E-state index contributed by atoms with van der Waals surface area (Å²) in [5.41, 5.74) is 6.74. The van der Waals surface area contributed by atoms with Crippen molar-refractivity contribution in [2.45, 2.75) is 32.6 Å². The molecule has 0 aliphatic carbocycles. The first kappa shape index (κ1) is 21.2. The van der Waals surface area contributed by atoms with Crippen molar-refractivity contribution in [3.05, 3.63) is 94.5 Å². The molecule has 1 aliphatic heterocycles. The fourth-order valence-corrected chi connectivity index (χ4v) is 5.07. The van der Waals surface area contributed by atoms with Crippen LogP contribution in [0, 0.1) is 13.8 Å². The fourth-order valence-electron chi connectivity index (χ4n) is 3.90. The first-order valence-electron chi connectivity index (χ1n) is 10.5. The van der Waals surface area contributed by atoms with Gasteiger partial charge >= 0.3 is 0 Å². The van der Waals surface area contributed by atoms with Crippen molar-refractivity contribution in [1.82, 2.24) is 0 Å². The molecule has 1 N–H and O–H groups in total. The van der Waals surface area contributed by atoms with Gasteiger partial charge in [-0.3, -0.25) is 14.5 Å². The quantitative estimate of drug-likeness (QED) is 0.548. The number of benzene rings is 3. The Morgan fingerprint density at radius 2 is 1.74 bits per heavy atom. The number of amides is 2. The normalized spacial score (nSPS) is 15.9. The molecule has 3 aromatic carbocycles. The van der Waals surface area contributed by atoms with Gasteiger partial charge in [-0.05, 0) is 78.9 Å². The summed E-state index contributed by atoms with van der Waals surface area (Å²) in [5.74, 6) is 0.407. The summed E-state index contributed by atoms with van der Waals surface area (Å²) in [7, 11) is 0. The van der Waals surface area contributed by atoms with Gasteiger partial charge in [-0.1, -0.05) is 37.3 Å². The van der Waals surface area contributed by atoms with Gasteiger partial charge in [0.05, 0.1) is 5.75 Å². The van der Waals surface area contributed by atoms with Crippen molar-refractivity contribution < 1.29 is 9.59 Å². The monoisotopic (exact) mass is 430 g/mol. The van der Waals surface area contributed by atoms with Crippen LogP contribution in [0.15, 0.2) is 66.7 Å². The molecule has 1 saturated heterocycles. The summed E-state index contributed by atoms with van der Waals surface area (Å²) in [6.45, 7) is 6.18. The van der Waals surface area contributed by atoms with Crippen molar-refractivity contribution >= 4 is 35.0 Å². The minimum atomic E-state index is -0.138. The molecular weight excluding hydrogens is 404 g/mol. The lowest BCUT2D eigenvalue weighted by atomic mass is 10.1. The minimum Gasteiger partial charge on any atom is -0.322 e. The molecule has 158 valence electrons. The largest absolute Gasteiger partial charge is 0.322 e. The fraction of sp³-hybridized carbons (Fsp3) is 0.231. The highest BCUT2D eigenvalue weighted by molar-refractivity contribution is 8.00. The number of carbonyl (C=O) groups is 2. The van der Waals surface area contributed by atoms with E-state index < -0.39 is 0 Å². The molecule has 1 aliphatic rings. The predicted molar refractivity (Wildman–Crippen MR) is 129 cm³/mol. The van der Waals surface area contributed by atoms with Crippen LogP contribution in [-0.4, -0.2) is 17.6 Å². The topological polar surface area (TPSA) is 49.4 Å². The molecular formula is C26H26N2O2S. The first-order valence-corrected chi connectivity index (χ1v) is 11.5. The summed E-state index contributed by atoms with van der Waals surface area (Å²) in [6, 6.07) is 21.7. The zero-order valence-electron chi connectivity index (χ0n) is 18.0. The van der Waals surface area contributed by atoms with Crippen LogP contribution < -0.4 is 10.2 Å². The van der Waals surface area contributed by atoms with Crippen LogP contribution in [0.5, 0.6) is 0 Å². The maximum absolute atomic E-state index is 12.7. The van der Waals surface area contributed by atoms with E-state index in [-0.39, 0.29) is 17.2 Å². The smallest absolute Gasteiger partial charge is 0.255 e. The Labute approximate surface area is 187 Å². The van der Waals surface area contributed by atoms with E-state index in [1.807, 2.05) is 67.3 Å². The van der Waals surface area contributed by atoms with Crippen LogP contribution in [0.3, 0.4) is 0 Å². The number of nitrogens with one attached hydrogen (secondary N) is 1. The summed E-state index contributed by atoms with van der Waals surface area (Å²) in [6.07, 6.45) is 0.943. The van der Waals surface area contributed by atoms with Gasteiger partial charge in [0.15, 0.2) is 0 Å². The minimum absolute atomic E-state index is 0.102. The lowest BCUT2D eigenvalue weighted by Crippen LogP contribution is -2.28. The average Bonchev–Trinajstić information content (AvgIpc) is 3.15. The van der Waals surface area contributed by atoms with E-state index in [1.165, 1.54) is 5.56 Å². The van der Waals surface area contributed by atoms with Gasteiger partial charge < -0.3 is 5.32 Å². The summed E-state index contributed by atoms with van der Waals surface area (Å²) in [4.78, 5) is 27.3. The van der Waals surface area contributed by atoms with Crippen LogP contribution >= 0.6 is 11.8 Å². The molecule has 4 nitrogen and oxygen atoms in total. The second-order valence-corrected chi connectivity index (χ2v) is 8.97. The Kier molecular flexibility index (Phi) is 6.14. The van der Waals surface area contributed by atoms with Crippen LogP contribution in [0.1, 0.15) is 44.9 Å². The second kappa shape index (κ2) is 8.98. The highest BCUT2D eigenvalue weighted by atomic mass is 32.2. The number of hydrogen-bond donors (Lipinski definition) is 1. The number of aryl methyl sites for hydroxylation is 3. The third kappa shape index (κ3) is 4.67. The molecule has 0 saturated carbocycles. The van der Waals surface area contributed by atoms with E-state index in [4.69, 9.17) is 0 Å². The number of thioether (sulfide) groups is 1. The third-order valence-corrected chi connectivity index (χ3v) is 6.62. The second-order valence-electron chi connectivity index (χ2n) is 7.90. The van der Waals surface area contributed by atoms with E-state index in [1.54, 1.807) is 11.8 Å². The van der Waals surface area contributed by atoms with Gasteiger partial charge in [0.25, 0.3) is 5.91 Å². The number of carbonyl (C=O) groups excluding carboxylic acids is 2. The molecule has 1 unspecified atom stereocenters. The summed E-state index contributed by atoms with van der Waals surface area (Å²) < 4.78 is 0. The number of rotatable bonds is 5. The molecule has 1 atom stereocenters. The molecule has 31 heavy (non-hydrogen) atoms. The highest BCUT2D eigenvalue weighted by Crippen LogP contribution is 2.42. The molecule has 3 aromatic rings. The number of anilines is 2. The van der Waals surface area contributed by atoms with Crippen molar-refractivity contribution in [3.8, 4) is 0 Å². The standard InChI is InChI=1S/C26H26N2O2S/c1-4-19-8-10-20(11-9-19)25(30)27-22-7-5-6-21(15-22)26-28(24(29)16-31-26)23-13-17(2)12-18(3)14-23/h5-15,26H,4,16H2,1-3H3,(H,27,30). The number of hydrogen-bond acceptors (Lipinski definition) is 3. The molecule has 5 heteroatoms. The van der Waals surface area contributed by atoms with E-state index >= 15 is 0 Å². The third-order valence-electron chi connectivity index (χ3n) is 5.41. The first-order chi connectivity index (χ1) is 14.9. The Bertz CT molecular complexity index is 1100. The van der Waals surface area contributed by atoms with Gasteiger partial charge in [-0.15, -0.1) is 11.8 Å². The molecule has 0 aromatic heterocycles. The molecule has 1 heterocycles. The zero-order valence-corrected chi connectivity index (χ0v) is 18.8. The Balaban J connectivity index is 1.58. The van der Waals surface area contributed by atoms with Gasteiger partial charge in [-0.2, -0.15) is 0 Å². The van der Waals surface area contributed by atoms with Crippen molar-refractivity contribution in [3.63, 3.8) is 0 Å². The molecule has 0 bridgehead atoms. The van der Waals surface area contributed by atoms with Crippen LogP contribution in [0.2, 0.25) is 0 Å². The van der Waals surface area contributed by atoms with Crippen LogP contribution in [-0.2, 0) is 11.2 Å². The SMILES string of the molecule is CCc1ccc(C(=O)Nc2cccc(C3SCC(=O)N3c3cc(C)cc(C)c3)c2)cc1.